The number of carbonyl (C=O) groups is 1. The molecule has 1 unspecified atom stereocenters. The van der Waals surface area contributed by atoms with E-state index in [2.05, 4.69) is 34.9 Å². The molecule has 1 aliphatic heterocycles. The first-order chi connectivity index (χ1) is 10.7. The molecule has 3 rings (SSSR count). The highest BCUT2D eigenvalue weighted by atomic mass is 16.5. The van der Waals surface area contributed by atoms with E-state index in [1.54, 1.807) is 0 Å². The summed E-state index contributed by atoms with van der Waals surface area (Å²) in [6, 6.07) is 14.6. The fourth-order valence-electron chi connectivity index (χ4n) is 2.98. The lowest BCUT2D eigenvalue weighted by atomic mass is 9.99. The van der Waals surface area contributed by atoms with Gasteiger partial charge in [-0.3, -0.25) is 4.79 Å². The normalized spacial score (nSPS) is 19.8. The molecule has 2 aromatic rings. The van der Waals surface area contributed by atoms with Crippen molar-refractivity contribution < 1.29 is 9.53 Å². The lowest BCUT2D eigenvalue weighted by Crippen LogP contribution is -2.44. The van der Waals surface area contributed by atoms with E-state index in [0.717, 1.165) is 18.7 Å². The number of benzene rings is 2. The van der Waals surface area contributed by atoms with Gasteiger partial charge in [0.25, 0.3) is 0 Å². The summed E-state index contributed by atoms with van der Waals surface area (Å²) in [6.45, 7) is 4.18. The number of morpholine rings is 1. The topological polar surface area (TPSA) is 50.4 Å². The fourth-order valence-corrected chi connectivity index (χ4v) is 2.98. The maximum atomic E-state index is 12.2. The maximum absolute atomic E-state index is 12.2. The molecular formula is C18H22N2O2. The third-order valence-corrected chi connectivity index (χ3v) is 4.10. The first-order valence-corrected chi connectivity index (χ1v) is 7.82. The van der Waals surface area contributed by atoms with Gasteiger partial charge >= 0.3 is 0 Å². The Morgan fingerprint density at radius 1 is 1.32 bits per heavy atom. The first kappa shape index (κ1) is 15.0. The molecule has 0 aliphatic carbocycles. The smallest absolute Gasteiger partial charge is 0.222 e. The molecule has 2 aromatic carbocycles. The van der Waals surface area contributed by atoms with Crippen LogP contribution in [0.15, 0.2) is 42.5 Å². The summed E-state index contributed by atoms with van der Waals surface area (Å²) < 4.78 is 5.39. The van der Waals surface area contributed by atoms with Crippen molar-refractivity contribution in [3.05, 3.63) is 48.0 Å². The molecule has 0 aromatic heterocycles. The highest BCUT2D eigenvalue weighted by Gasteiger charge is 2.18. The average molecular weight is 298 g/mol. The molecule has 2 N–H and O–H groups in total. The Labute approximate surface area is 130 Å². The first-order valence-electron chi connectivity index (χ1n) is 7.82. The fraction of sp³-hybridized carbons (Fsp3) is 0.389. The lowest BCUT2D eigenvalue weighted by molar-refractivity contribution is -0.122. The predicted octanol–water partition coefficient (Wildman–Crippen LogP) is 2.40. The molecular weight excluding hydrogens is 276 g/mol. The third-order valence-electron chi connectivity index (χ3n) is 4.10. The van der Waals surface area contributed by atoms with Crippen molar-refractivity contribution in [1.29, 1.82) is 0 Å². The van der Waals surface area contributed by atoms with E-state index in [-0.39, 0.29) is 18.0 Å². The van der Waals surface area contributed by atoms with Gasteiger partial charge in [0.05, 0.1) is 19.3 Å². The molecule has 1 heterocycles. The Morgan fingerprint density at radius 3 is 2.95 bits per heavy atom. The summed E-state index contributed by atoms with van der Waals surface area (Å²) in [5.41, 5.74) is 1.15. The molecule has 22 heavy (non-hydrogen) atoms. The summed E-state index contributed by atoms with van der Waals surface area (Å²) in [5, 5.41) is 8.80. The van der Waals surface area contributed by atoms with E-state index in [1.165, 1.54) is 10.8 Å². The SMILES string of the molecule is C[C@@H](NC(=O)CC1COCCN1)c1cccc2ccccc12. The molecule has 2 atom stereocenters. The average Bonchev–Trinajstić information content (AvgIpc) is 2.55. The third kappa shape index (κ3) is 3.46. The van der Waals surface area contributed by atoms with Crippen LogP contribution in [0.2, 0.25) is 0 Å². The molecule has 4 nitrogen and oxygen atoms in total. The molecule has 0 spiro atoms. The van der Waals surface area contributed by atoms with E-state index in [0.29, 0.717) is 13.0 Å². The zero-order valence-corrected chi connectivity index (χ0v) is 12.8. The number of carbonyl (C=O) groups excluding carboxylic acids is 1. The van der Waals surface area contributed by atoms with Crippen molar-refractivity contribution >= 4 is 16.7 Å². The summed E-state index contributed by atoms with van der Waals surface area (Å²) in [5.74, 6) is 0.0587. The molecule has 0 bridgehead atoms. The van der Waals surface area contributed by atoms with Crippen LogP contribution in [0, 0.1) is 0 Å². The summed E-state index contributed by atoms with van der Waals surface area (Å²) in [7, 11) is 0. The monoisotopic (exact) mass is 298 g/mol. The Morgan fingerprint density at radius 2 is 2.14 bits per heavy atom. The Bertz CT molecular complexity index is 645. The zero-order valence-electron chi connectivity index (χ0n) is 12.8. The molecule has 4 heteroatoms. The van der Waals surface area contributed by atoms with Crippen molar-refractivity contribution in [2.45, 2.75) is 25.4 Å². The van der Waals surface area contributed by atoms with Gasteiger partial charge in [0, 0.05) is 19.0 Å². The second kappa shape index (κ2) is 6.90. The van der Waals surface area contributed by atoms with Gasteiger partial charge < -0.3 is 15.4 Å². The number of ether oxygens (including phenoxy) is 1. The van der Waals surface area contributed by atoms with Crippen LogP contribution >= 0.6 is 0 Å². The molecule has 0 radical (unpaired) electrons. The van der Waals surface area contributed by atoms with Crippen molar-refractivity contribution in [3.63, 3.8) is 0 Å². The van der Waals surface area contributed by atoms with Gasteiger partial charge in [-0.15, -0.1) is 0 Å². The molecule has 1 amide bonds. The molecule has 116 valence electrons. The van der Waals surface area contributed by atoms with Crippen molar-refractivity contribution in [1.82, 2.24) is 10.6 Å². The van der Waals surface area contributed by atoms with Crippen LogP contribution in [0.4, 0.5) is 0 Å². The number of nitrogens with one attached hydrogen (secondary N) is 2. The highest BCUT2D eigenvalue weighted by Crippen LogP contribution is 2.24. The van der Waals surface area contributed by atoms with Crippen LogP contribution in [0.1, 0.15) is 24.9 Å². The second-order valence-corrected chi connectivity index (χ2v) is 5.79. The van der Waals surface area contributed by atoms with Crippen LogP contribution < -0.4 is 10.6 Å². The minimum atomic E-state index is -0.0110. The van der Waals surface area contributed by atoms with E-state index >= 15 is 0 Å². The predicted molar refractivity (Wildman–Crippen MR) is 87.7 cm³/mol. The highest BCUT2D eigenvalue weighted by molar-refractivity contribution is 5.87. The maximum Gasteiger partial charge on any atom is 0.222 e. The molecule has 1 fully saturated rings. The number of hydrogen-bond acceptors (Lipinski definition) is 3. The summed E-state index contributed by atoms with van der Waals surface area (Å²) >= 11 is 0. The van der Waals surface area contributed by atoms with E-state index < -0.39 is 0 Å². The Hall–Kier alpha value is -1.91. The van der Waals surface area contributed by atoms with Crippen LogP contribution in [-0.4, -0.2) is 31.7 Å². The van der Waals surface area contributed by atoms with Crippen molar-refractivity contribution in [2.75, 3.05) is 19.8 Å². The standard InChI is InChI=1S/C18H22N2O2/c1-13(20-18(21)11-15-12-22-10-9-19-15)16-8-4-6-14-5-2-3-7-17(14)16/h2-8,13,15,19H,9-12H2,1H3,(H,20,21)/t13-,15?/m1/s1. The van der Waals surface area contributed by atoms with Gasteiger partial charge in [-0.05, 0) is 23.3 Å². The van der Waals surface area contributed by atoms with Crippen LogP contribution in [0.5, 0.6) is 0 Å². The number of rotatable bonds is 4. The van der Waals surface area contributed by atoms with Crippen molar-refractivity contribution in [2.24, 2.45) is 0 Å². The van der Waals surface area contributed by atoms with Gasteiger partial charge in [0.2, 0.25) is 5.91 Å². The van der Waals surface area contributed by atoms with Crippen LogP contribution in [-0.2, 0) is 9.53 Å². The van der Waals surface area contributed by atoms with Gasteiger partial charge in [-0.1, -0.05) is 42.5 Å². The number of hydrogen-bond donors (Lipinski definition) is 2. The van der Waals surface area contributed by atoms with Crippen LogP contribution in [0.3, 0.4) is 0 Å². The van der Waals surface area contributed by atoms with Crippen molar-refractivity contribution in [3.8, 4) is 0 Å². The van der Waals surface area contributed by atoms with Gasteiger partial charge in [-0.2, -0.15) is 0 Å². The van der Waals surface area contributed by atoms with Gasteiger partial charge in [0.1, 0.15) is 0 Å². The second-order valence-electron chi connectivity index (χ2n) is 5.79. The summed E-state index contributed by atoms with van der Waals surface area (Å²) in [4.78, 5) is 12.2. The van der Waals surface area contributed by atoms with E-state index in [9.17, 15) is 4.79 Å². The van der Waals surface area contributed by atoms with Crippen LogP contribution in [0.25, 0.3) is 10.8 Å². The minimum Gasteiger partial charge on any atom is -0.378 e. The molecule has 1 aliphatic rings. The number of fused-ring (bicyclic) bond motifs is 1. The van der Waals surface area contributed by atoms with E-state index in [1.807, 2.05) is 25.1 Å². The minimum absolute atomic E-state index is 0.0110. The molecule has 1 saturated heterocycles. The number of amides is 1. The lowest BCUT2D eigenvalue weighted by Gasteiger charge is -2.24. The molecule has 0 saturated carbocycles. The van der Waals surface area contributed by atoms with Gasteiger partial charge in [0.15, 0.2) is 0 Å². The van der Waals surface area contributed by atoms with Gasteiger partial charge in [-0.25, -0.2) is 0 Å². The summed E-state index contributed by atoms with van der Waals surface area (Å²) in [6.07, 6.45) is 0.453. The zero-order chi connectivity index (χ0) is 15.4. The Kier molecular flexibility index (Phi) is 4.71. The largest absolute Gasteiger partial charge is 0.378 e. The quantitative estimate of drug-likeness (QED) is 0.911. The Balaban J connectivity index is 1.67. The van der Waals surface area contributed by atoms with E-state index in [4.69, 9.17) is 4.74 Å².